The average molecular weight is 286 g/mol. The van der Waals surface area contributed by atoms with Crippen molar-refractivity contribution in [3.63, 3.8) is 0 Å². The first-order valence-corrected chi connectivity index (χ1v) is 7.81. The number of esters is 1. The van der Waals surface area contributed by atoms with Crippen LogP contribution in [-0.2, 0) is 14.3 Å². The smallest absolute Gasteiger partial charge is 0.327 e. The quantitative estimate of drug-likeness (QED) is 0.650. The van der Waals surface area contributed by atoms with Crippen molar-refractivity contribution in [3.05, 3.63) is 0 Å². The summed E-state index contributed by atoms with van der Waals surface area (Å²) < 4.78 is 10.9. The van der Waals surface area contributed by atoms with Gasteiger partial charge in [0.25, 0.3) is 0 Å². The highest BCUT2D eigenvalue weighted by atomic mass is 16.5. The molecule has 118 valence electrons. The second-order valence-electron chi connectivity index (χ2n) is 5.55. The zero-order valence-electron chi connectivity index (χ0n) is 13.4. The zero-order chi connectivity index (χ0) is 15.0. The molecule has 1 aliphatic rings. The van der Waals surface area contributed by atoms with E-state index in [0.29, 0.717) is 19.3 Å². The van der Waals surface area contributed by atoms with Crippen LogP contribution in [0, 0.1) is 0 Å². The molecule has 0 aliphatic carbocycles. The molecule has 0 radical (unpaired) electrons. The fourth-order valence-corrected chi connectivity index (χ4v) is 2.70. The van der Waals surface area contributed by atoms with Crippen LogP contribution in [0.2, 0.25) is 0 Å². The molecule has 0 aromatic rings. The Balaban J connectivity index is 2.62. The molecular weight excluding hydrogens is 256 g/mol. The minimum absolute atomic E-state index is 0.173. The summed E-state index contributed by atoms with van der Waals surface area (Å²) in [5, 5.41) is 3.28. The summed E-state index contributed by atoms with van der Waals surface area (Å²) in [6.45, 7) is 12.4. The van der Waals surface area contributed by atoms with Crippen LogP contribution in [-0.4, -0.2) is 61.9 Å². The molecule has 1 rings (SSSR count). The predicted octanol–water partition coefficient (Wildman–Crippen LogP) is 1.42. The number of hydrogen-bond donors (Lipinski definition) is 1. The standard InChI is InChI=1S/C15H30N2O3/c1-5-16-15(4,14(18)19-7-3)12-17(6-2)11-13-9-8-10-20-13/h13,16H,5-12H2,1-4H3. The molecule has 2 unspecified atom stereocenters. The normalized spacial score (nSPS) is 21.9. The Bertz CT molecular complexity index is 293. The summed E-state index contributed by atoms with van der Waals surface area (Å²) >= 11 is 0. The number of likely N-dealkylation sites (N-methyl/N-ethyl adjacent to an activating group) is 2. The van der Waals surface area contributed by atoms with Gasteiger partial charge in [0.15, 0.2) is 0 Å². The predicted molar refractivity (Wildman–Crippen MR) is 79.8 cm³/mol. The molecule has 1 heterocycles. The van der Waals surface area contributed by atoms with E-state index in [9.17, 15) is 4.79 Å². The van der Waals surface area contributed by atoms with E-state index in [1.165, 1.54) is 0 Å². The van der Waals surface area contributed by atoms with Gasteiger partial charge >= 0.3 is 5.97 Å². The number of nitrogens with one attached hydrogen (secondary N) is 1. The fourth-order valence-electron chi connectivity index (χ4n) is 2.70. The Labute approximate surface area is 123 Å². The van der Waals surface area contributed by atoms with Crippen LogP contribution >= 0.6 is 0 Å². The van der Waals surface area contributed by atoms with Crippen LogP contribution < -0.4 is 5.32 Å². The van der Waals surface area contributed by atoms with Crippen molar-refractivity contribution in [1.29, 1.82) is 0 Å². The molecule has 1 saturated heterocycles. The number of carbonyl (C=O) groups excluding carboxylic acids is 1. The minimum Gasteiger partial charge on any atom is -0.465 e. The third-order valence-corrected chi connectivity index (χ3v) is 3.77. The van der Waals surface area contributed by atoms with Crippen molar-refractivity contribution < 1.29 is 14.3 Å². The highest BCUT2D eigenvalue weighted by Gasteiger charge is 2.36. The van der Waals surface area contributed by atoms with E-state index < -0.39 is 5.54 Å². The second-order valence-corrected chi connectivity index (χ2v) is 5.55. The van der Waals surface area contributed by atoms with Crippen molar-refractivity contribution in [3.8, 4) is 0 Å². The van der Waals surface area contributed by atoms with Crippen LogP contribution in [0.4, 0.5) is 0 Å². The van der Waals surface area contributed by atoms with Gasteiger partial charge in [-0.3, -0.25) is 9.69 Å². The summed E-state index contributed by atoms with van der Waals surface area (Å²) in [4.78, 5) is 14.5. The van der Waals surface area contributed by atoms with E-state index in [1.54, 1.807) is 0 Å². The Hall–Kier alpha value is -0.650. The van der Waals surface area contributed by atoms with Crippen molar-refractivity contribution >= 4 is 5.97 Å². The topological polar surface area (TPSA) is 50.8 Å². The maximum Gasteiger partial charge on any atom is 0.327 e. The molecule has 20 heavy (non-hydrogen) atoms. The molecule has 0 amide bonds. The Morgan fingerprint density at radius 3 is 2.70 bits per heavy atom. The van der Waals surface area contributed by atoms with Gasteiger partial charge in [0, 0.05) is 19.7 Å². The molecule has 0 bridgehead atoms. The average Bonchev–Trinajstić information content (AvgIpc) is 2.91. The van der Waals surface area contributed by atoms with Crippen molar-refractivity contribution in [1.82, 2.24) is 10.2 Å². The number of nitrogens with zero attached hydrogens (tertiary/aromatic N) is 1. The lowest BCUT2D eigenvalue weighted by atomic mass is 10.0. The lowest BCUT2D eigenvalue weighted by Crippen LogP contribution is -2.58. The molecule has 5 nitrogen and oxygen atoms in total. The van der Waals surface area contributed by atoms with E-state index in [2.05, 4.69) is 17.1 Å². The molecule has 1 aliphatic heterocycles. The van der Waals surface area contributed by atoms with Crippen LogP contribution in [0.15, 0.2) is 0 Å². The van der Waals surface area contributed by atoms with E-state index >= 15 is 0 Å². The monoisotopic (exact) mass is 286 g/mol. The number of hydrogen-bond acceptors (Lipinski definition) is 5. The second kappa shape index (κ2) is 8.60. The summed E-state index contributed by atoms with van der Waals surface area (Å²) in [5.74, 6) is -0.173. The molecule has 0 aromatic carbocycles. The van der Waals surface area contributed by atoms with Gasteiger partial charge in [-0.15, -0.1) is 0 Å². The van der Waals surface area contributed by atoms with Gasteiger partial charge in [-0.1, -0.05) is 13.8 Å². The van der Waals surface area contributed by atoms with E-state index in [4.69, 9.17) is 9.47 Å². The number of ether oxygens (including phenoxy) is 2. The summed E-state index contributed by atoms with van der Waals surface area (Å²) in [5.41, 5.74) is -0.653. The summed E-state index contributed by atoms with van der Waals surface area (Å²) in [6, 6.07) is 0. The lowest BCUT2D eigenvalue weighted by molar-refractivity contribution is -0.151. The minimum atomic E-state index is -0.653. The molecular formula is C15H30N2O3. The first-order valence-electron chi connectivity index (χ1n) is 7.81. The van der Waals surface area contributed by atoms with Crippen LogP contribution in [0.1, 0.15) is 40.5 Å². The van der Waals surface area contributed by atoms with Gasteiger partial charge in [-0.25, -0.2) is 0 Å². The summed E-state index contributed by atoms with van der Waals surface area (Å²) in [6.07, 6.45) is 2.57. The van der Waals surface area contributed by atoms with Gasteiger partial charge in [0.05, 0.1) is 12.7 Å². The van der Waals surface area contributed by atoms with Crippen molar-refractivity contribution in [2.45, 2.75) is 52.2 Å². The maximum atomic E-state index is 12.2. The Morgan fingerprint density at radius 2 is 2.20 bits per heavy atom. The molecule has 1 N–H and O–H groups in total. The molecule has 1 fully saturated rings. The number of rotatable bonds is 9. The van der Waals surface area contributed by atoms with Crippen molar-refractivity contribution in [2.75, 3.05) is 39.4 Å². The van der Waals surface area contributed by atoms with Gasteiger partial charge in [0.1, 0.15) is 5.54 Å². The highest BCUT2D eigenvalue weighted by Crippen LogP contribution is 2.16. The highest BCUT2D eigenvalue weighted by molar-refractivity contribution is 5.80. The van der Waals surface area contributed by atoms with Gasteiger partial charge in [-0.05, 0) is 39.8 Å². The first kappa shape index (κ1) is 17.4. The molecule has 0 saturated carbocycles. The van der Waals surface area contributed by atoms with E-state index in [0.717, 1.165) is 39.1 Å². The maximum absolute atomic E-state index is 12.2. The third kappa shape index (κ3) is 5.04. The van der Waals surface area contributed by atoms with Crippen LogP contribution in [0.3, 0.4) is 0 Å². The van der Waals surface area contributed by atoms with Gasteiger partial charge in [0.2, 0.25) is 0 Å². The molecule has 5 heteroatoms. The molecule has 0 spiro atoms. The SMILES string of the molecule is CCNC(C)(CN(CC)CC1CCCO1)C(=O)OCC. The Kier molecular flexibility index (Phi) is 7.48. The number of carbonyl (C=O) groups is 1. The lowest BCUT2D eigenvalue weighted by Gasteiger charge is -2.34. The van der Waals surface area contributed by atoms with Crippen LogP contribution in [0.5, 0.6) is 0 Å². The molecule has 2 atom stereocenters. The van der Waals surface area contributed by atoms with Gasteiger partial charge in [-0.2, -0.15) is 0 Å². The van der Waals surface area contributed by atoms with E-state index in [1.807, 2.05) is 20.8 Å². The Morgan fingerprint density at radius 1 is 1.45 bits per heavy atom. The van der Waals surface area contributed by atoms with E-state index in [-0.39, 0.29) is 5.97 Å². The van der Waals surface area contributed by atoms with Gasteiger partial charge < -0.3 is 14.8 Å². The fraction of sp³-hybridized carbons (Fsp3) is 0.933. The molecule has 0 aromatic heterocycles. The first-order chi connectivity index (χ1) is 9.55. The summed E-state index contributed by atoms with van der Waals surface area (Å²) in [7, 11) is 0. The largest absolute Gasteiger partial charge is 0.465 e. The zero-order valence-corrected chi connectivity index (χ0v) is 13.4. The third-order valence-electron chi connectivity index (χ3n) is 3.77. The van der Waals surface area contributed by atoms with Crippen molar-refractivity contribution in [2.24, 2.45) is 0 Å². The van der Waals surface area contributed by atoms with Crippen LogP contribution in [0.25, 0.3) is 0 Å².